The third kappa shape index (κ3) is 18.6. The van der Waals surface area contributed by atoms with Gasteiger partial charge in [0.25, 0.3) is 0 Å². The van der Waals surface area contributed by atoms with Crippen LogP contribution in [0.25, 0.3) is 0 Å². The van der Waals surface area contributed by atoms with E-state index in [-0.39, 0.29) is 12.2 Å². The van der Waals surface area contributed by atoms with Crippen LogP contribution in [0.15, 0.2) is 36.4 Å². The minimum Gasteiger partial charge on any atom is -0.494 e. The quantitative estimate of drug-likeness (QED) is 0.0445. The fraction of sp³-hybridized carbons (Fsp3) is 0.658. The average molecular weight is 690 g/mol. The number of ketones is 1. The Labute approximate surface area is 291 Å². The van der Waals surface area contributed by atoms with Crippen LogP contribution in [0.3, 0.4) is 0 Å². The normalized spacial score (nSPS) is 13.9. The number of allylic oxidation sites excluding steroid dienone is 1. The number of carboxylic acids is 3. The van der Waals surface area contributed by atoms with Crippen LogP contribution in [0.5, 0.6) is 5.75 Å². The molecular formula is C38H59NO10. The number of carboxylic acid groups (broad SMARTS) is 3. The summed E-state index contributed by atoms with van der Waals surface area (Å²) < 4.78 is 5.68. The van der Waals surface area contributed by atoms with E-state index in [2.05, 4.69) is 26.1 Å². The lowest BCUT2D eigenvalue weighted by Gasteiger charge is -2.29. The summed E-state index contributed by atoms with van der Waals surface area (Å²) in [7, 11) is 0. The first-order valence-electron chi connectivity index (χ1n) is 17.9. The standard InChI is InChI=1S/C38H59NO10/c1-4-5-6-7-8-11-14-17-30(40)18-15-12-9-10-13-16-19-32(38(48,37(46)47)27-34(41)42)35(43)39-33(36(44)45)26-29-20-22-31(23-21-29)49-25-24-28(2)3/h16,19-23,28,32-33,48H,4-15,17-18,24-27H2,1-3H3,(H,39,43)(H,41,42)(H,44,45)(H,46,47)/b19-16+/t32-,33+,38+/m1/s1. The van der Waals surface area contributed by atoms with Crippen molar-refractivity contribution in [2.45, 2.75) is 142 Å². The number of nitrogens with one attached hydrogen (secondary N) is 1. The summed E-state index contributed by atoms with van der Waals surface area (Å²) in [6, 6.07) is 5.22. The smallest absolute Gasteiger partial charge is 0.337 e. The fourth-order valence-corrected chi connectivity index (χ4v) is 5.42. The Hall–Kier alpha value is -3.73. The number of aliphatic carboxylic acids is 3. The maximum atomic E-state index is 13.3. The van der Waals surface area contributed by atoms with E-state index in [1.165, 1.54) is 38.2 Å². The van der Waals surface area contributed by atoms with Crippen LogP contribution >= 0.6 is 0 Å². The van der Waals surface area contributed by atoms with Crippen molar-refractivity contribution in [3.63, 3.8) is 0 Å². The molecule has 0 aliphatic heterocycles. The van der Waals surface area contributed by atoms with Crippen LogP contribution in [0.2, 0.25) is 0 Å². The average Bonchev–Trinajstić information content (AvgIpc) is 3.03. The van der Waals surface area contributed by atoms with Crippen molar-refractivity contribution in [2.75, 3.05) is 6.61 Å². The zero-order valence-electron chi connectivity index (χ0n) is 29.7. The van der Waals surface area contributed by atoms with E-state index in [4.69, 9.17) is 4.74 Å². The van der Waals surface area contributed by atoms with Gasteiger partial charge in [-0.1, -0.05) is 96.4 Å². The molecule has 1 aromatic rings. The maximum Gasteiger partial charge on any atom is 0.337 e. The summed E-state index contributed by atoms with van der Waals surface area (Å²) in [5.41, 5.74) is -2.45. The van der Waals surface area contributed by atoms with Crippen molar-refractivity contribution < 1.29 is 49.1 Å². The van der Waals surface area contributed by atoms with Gasteiger partial charge in [-0.05, 0) is 55.7 Å². The number of ether oxygens (including phenoxy) is 1. The number of Topliss-reactive ketones (excluding diaryl/α,β-unsaturated/α-hetero) is 1. The van der Waals surface area contributed by atoms with Gasteiger partial charge in [0.1, 0.15) is 17.6 Å². The van der Waals surface area contributed by atoms with Crippen LogP contribution in [-0.2, 0) is 30.4 Å². The van der Waals surface area contributed by atoms with E-state index in [9.17, 15) is 44.4 Å². The van der Waals surface area contributed by atoms with Crippen LogP contribution in [0, 0.1) is 11.8 Å². The number of amides is 1. The second-order valence-corrected chi connectivity index (χ2v) is 13.3. The number of hydrogen-bond acceptors (Lipinski definition) is 7. The molecule has 1 rings (SSSR count). The van der Waals surface area contributed by atoms with Crippen LogP contribution in [0.4, 0.5) is 0 Å². The molecule has 5 N–H and O–H groups in total. The van der Waals surface area contributed by atoms with E-state index in [0.717, 1.165) is 44.6 Å². The minimum absolute atomic E-state index is 0.143. The first-order valence-corrected chi connectivity index (χ1v) is 17.9. The lowest BCUT2D eigenvalue weighted by molar-refractivity contribution is -0.172. The molecule has 0 aliphatic rings. The molecular weight excluding hydrogens is 630 g/mol. The Morgan fingerprint density at radius 1 is 0.837 bits per heavy atom. The Morgan fingerprint density at radius 2 is 1.41 bits per heavy atom. The van der Waals surface area contributed by atoms with Crippen LogP contribution in [-0.4, -0.2) is 68.3 Å². The number of carbonyl (C=O) groups is 5. The number of aliphatic hydroxyl groups is 1. The molecule has 11 nitrogen and oxygen atoms in total. The van der Waals surface area contributed by atoms with Gasteiger partial charge in [0.15, 0.2) is 5.60 Å². The van der Waals surface area contributed by atoms with Gasteiger partial charge < -0.3 is 30.5 Å². The Kier molecular flexibility index (Phi) is 21.6. The summed E-state index contributed by atoms with van der Waals surface area (Å²) in [6.45, 7) is 6.88. The number of hydrogen-bond donors (Lipinski definition) is 5. The van der Waals surface area contributed by atoms with E-state index < -0.39 is 47.8 Å². The highest BCUT2D eigenvalue weighted by molar-refractivity contribution is 5.94. The van der Waals surface area contributed by atoms with E-state index in [0.29, 0.717) is 49.5 Å². The number of unbranched alkanes of at least 4 members (excludes halogenated alkanes) is 10. The molecule has 0 saturated heterocycles. The van der Waals surface area contributed by atoms with Crippen molar-refractivity contribution in [2.24, 2.45) is 11.8 Å². The summed E-state index contributed by atoms with van der Waals surface area (Å²) in [5.74, 6) is -6.57. The van der Waals surface area contributed by atoms with Gasteiger partial charge >= 0.3 is 17.9 Å². The largest absolute Gasteiger partial charge is 0.494 e. The molecule has 0 aromatic heterocycles. The second kappa shape index (κ2) is 24.4. The van der Waals surface area contributed by atoms with Crippen LogP contribution in [0.1, 0.15) is 129 Å². The molecule has 0 spiro atoms. The summed E-state index contributed by atoms with van der Waals surface area (Å²) in [4.78, 5) is 61.1. The lowest BCUT2D eigenvalue weighted by Crippen LogP contribution is -2.55. The van der Waals surface area contributed by atoms with Gasteiger partial charge in [0.2, 0.25) is 5.91 Å². The molecule has 0 unspecified atom stereocenters. The highest BCUT2D eigenvalue weighted by Gasteiger charge is 2.49. The highest BCUT2D eigenvalue weighted by Crippen LogP contribution is 2.26. The highest BCUT2D eigenvalue weighted by atomic mass is 16.5. The van der Waals surface area contributed by atoms with Crippen molar-refractivity contribution in [1.82, 2.24) is 5.32 Å². The second-order valence-electron chi connectivity index (χ2n) is 13.3. The summed E-state index contributed by atoms with van der Waals surface area (Å²) in [5, 5.41) is 42.2. The summed E-state index contributed by atoms with van der Waals surface area (Å²) >= 11 is 0. The van der Waals surface area contributed by atoms with Crippen molar-refractivity contribution >= 4 is 29.6 Å². The first kappa shape index (κ1) is 43.3. The van der Waals surface area contributed by atoms with E-state index in [1.807, 2.05) is 0 Å². The molecule has 3 atom stereocenters. The molecule has 0 radical (unpaired) electrons. The molecule has 0 aliphatic carbocycles. The van der Waals surface area contributed by atoms with Gasteiger partial charge in [-0.2, -0.15) is 0 Å². The van der Waals surface area contributed by atoms with Gasteiger partial charge in [0, 0.05) is 19.3 Å². The Morgan fingerprint density at radius 3 is 1.94 bits per heavy atom. The number of rotatable bonds is 29. The molecule has 0 saturated carbocycles. The SMILES string of the molecule is CCCCCCCCCC(=O)CCCCCC/C=C/[C@H](C(=O)N[C@@H](Cc1ccc(OCCC(C)C)cc1)C(=O)O)[C@@](O)(CC(=O)O)C(=O)O. The molecule has 49 heavy (non-hydrogen) atoms. The van der Waals surface area contributed by atoms with Crippen molar-refractivity contribution in [3.05, 3.63) is 42.0 Å². The molecule has 276 valence electrons. The van der Waals surface area contributed by atoms with Crippen molar-refractivity contribution in [3.8, 4) is 5.75 Å². The third-order valence-electron chi connectivity index (χ3n) is 8.49. The minimum atomic E-state index is -3.01. The maximum absolute atomic E-state index is 13.3. The monoisotopic (exact) mass is 689 g/mol. The van der Waals surface area contributed by atoms with Crippen molar-refractivity contribution in [1.29, 1.82) is 0 Å². The number of carbonyl (C=O) groups excluding carboxylic acids is 2. The molecule has 0 fully saturated rings. The predicted octanol–water partition coefficient (Wildman–Crippen LogP) is 6.74. The third-order valence-corrected chi connectivity index (χ3v) is 8.49. The Bertz CT molecular complexity index is 1180. The van der Waals surface area contributed by atoms with Gasteiger partial charge in [-0.15, -0.1) is 0 Å². The molecule has 0 heterocycles. The number of benzene rings is 1. The summed E-state index contributed by atoms with van der Waals surface area (Å²) in [6.07, 6.45) is 14.9. The molecule has 11 heteroatoms. The molecule has 0 bridgehead atoms. The van der Waals surface area contributed by atoms with Crippen LogP contribution < -0.4 is 10.1 Å². The topological polar surface area (TPSA) is 188 Å². The lowest BCUT2D eigenvalue weighted by atomic mass is 9.82. The molecule has 1 aromatic carbocycles. The van der Waals surface area contributed by atoms with Gasteiger partial charge in [-0.25, -0.2) is 9.59 Å². The van der Waals surface area contributed by atoms with E-state index in [1.54, 1.807) is 24.3 Å². The van der Waals surface area contributed by atoms with Gasteiger partial charge in [0.05, 0.1) is 18.9 Å². The molecule has 1 amide bonds. The predicted molar refractivity (Wildman–Crippen MR) is 187 cm³/mol. The zero-order chi connectivity index (χ0) is 36.7. The fourth-order valence-electron chi connectivity index (χ4n) is 5.42. The van der Waals surface area contributed by atoms with E-state index >= 15 is 0 Å². The first-order chi connectivity index (χ1) is 23.3. The van der Waals surface area contributed by atoms with Gasteiger partial charge in [-0.3, -0.25) is 14.4 Å². The zero-order valence-corrected chi connectivity index (χ0v) is 29.7. The Balaban J connectivity index is 2.75.